The van der Waals surface area contributed by atoms with Gasteiger partial charge in [0.25, 0.3) is 0 Å². The van der Waals surface area contributed by atoms with Gasteiger partial charge >= 0.3 is 0 Å². The first kappa shape index (κ1) is 13.4. The Balaban J connectivity index is 1.68. The molecule has 4 heterocycles. The van der Waals surface area contributed by atoms with Gasteiger partial charge in [-0.15, -0.1) is 0 Å². The standard InChI is InChI=1S/C17H18N4O/c1-12-8-15-14(10-19-12)11-20-17(15)13-2-3-18-16(9-13)21-4-6-22-7-5-21/h2-3,8-10H,4-7,11H2,1H3. The normalized spacial score (nSPS) is 17.3. The second-order valence-corrected chi connectivity index (χ2v) is 5.65. The Morgan fingerprint density at radius 2 is 2.00 bits per heavy atom. The fraction of sp³-hybridized carbons (Fsp3) is 0.353. The van der Waals surface area contributed by atoms with E-state index in [0.717, 1.165) is 49.1 Å². The first-order valence-electron chi connectivity index (χ1n) is 7.61. The van der Waals surface area contributed by atoms with E-state index in [4.69, 9.17) is 9.73 Å². The smallest absolute Gasteiger partial charge is 0.129 e. The van der Waals surface area contributed by atoms with E-state index in [1.165, 1.54) is 11.1 Å². The first-order chi connectivity index (χ1) is 10.8. The van der Waals surface area contributed by atoms with E-state index in [9.17, 15) is 0 Å². The largest absolute Gasteiger partial charge is 0.378 e. The Kier molecular flexibility index (Phi) is 3.35. The maximum Gasteiger partial charge on any atom is 0.129 e. The predicted molar refractivity (Wildman–Crippen MR) is 85.6 cm³/mol. The summed E-state index contributed by atoms with van der Waals surface area (Å²) in [6, 6.07) is 6.29. The lowest BCUT2D eigenvalue weighted by Gasteiger charge is -2.28. The number of hydrogen-bond acceptors (Lipinski definition) is 5. The summed E-state index contributed by atoms with van der Waals surface area (Å²) in [5.74, 6) is 1.00. The molecule has 2 aliphatic heterocycles. The highest BCUT2D eigenvalue weighted by Crippen LogP contribution is 2.24. The van der Waals surface area contributed by atoms with Crippen LogP contribution in [0.1, 0.15) is 22.4 Å². The van der Waals surface area contributed by atoms with Gasteiger partial charge in [0.2, 0.25) is 0 Å². The highest BCUT2D eigenvalue weighted by atomic mass is 16.5. The van der Waals surface area contributed by atoms with Crippen LogP contribution in [-0.4, -0.2) is 42.0 Å². The molecule has 0 aliphatic carbocycles. The Morgan fingerprint density at radius 1 is 1.14 bits per heavy atom. The SMILES string of the molecule is Cc1cc2c(cn1)CN=C2c1ccnc(N2CCOCC2)c1. The minimum atomic E-state index is 0.715. The molecule has 1 fully saturated rings. The molecular weight excluding hydrogens is 276 g/mol. The average molecular weight is 294 g/mol. The zero-order valence-electron chi connectivity index (χ0n) is 12.6. The van der Waals surface area contributed by atoms with E-state index in [0.29, 0.717) is 6.54 Å². The van der Waals surface area contributed by atoms with E-state index < -0.39 is 0 Å². The molecule has 0 aromatic carbocycles. The number of ether oxygens (including phenoxy) is 1. The maximum absolute atomic E-state index is 5.41. The topological polar surface area (TPSA) is 50.6 Å². The van der Waals surface area contributed by atoms with E-state index in [1.807, 2.05) is 25.4 Å². The van der Waals surface area contributed by atoms with Crippen molar-refractivity contribution in [3.8, 4) is 0 Å². The predicted octanol–water partition coefficient (Wildman–Crippen LogP) is 1.97. The zero-order chi connectivity index (χ0) is 14.9. The van der Waals surface area contributed by atoms with Crippen LogP contribution >= 0.6 is 0 Å². The Bertz CT molecular complexity index is 735. The summed E-state index contributed by atoms with van der Waals surface area (Å²) in [5.41, 5.74) is 5.60. The molecule has 5 heteroatoms. The molecule has 2 aromatic rings. The lowest BCUT2D eigenvalue weighted by molar-refractivity contribution is 0.122. The fourth-order valence-electron chi connectivity index (χ4n) is 2.96. The third kappa shape index (κ3) is 2.37. The third-order valence-electron chi connectivity index (χ3n) is 4.14. The summed E-state index contributed by atoms with van der Waals surface area (Å²) >= 11 is 0. The van der Waals surface area contributed by atoms with Crippen LogP contribution in [-0.2, 0) is 11.3 Å². The summed E-state index contributed by atoms with van der Waals surface area (Å²) in [6.45, 7) is 6.04. The summed E-state index contributed by atoms with van der Waals surface area (Å²) in [5, 5.41) is 0. The van der Waals surface area contributed by atoms with Crippen LogP contribution < -0.4 is 4.90 Å². The lowest BCUT2D eigenvalue weighted by Crippen LogP contribution is -2.36. The van der Waals surface area contributed by atoms with Crippen molar-refractivity contribution in [2.45, 2.75) is 13.5 Å². The number of morpholine rings is 1. The molecule has 112 valence electrons. The highest BCUT2D eigenvalue weighted by Gasteiger charge is 2.20. The molecular formula is C17H18N4O. The Morgan fingerprint density at radius 3 is 2.86 bits per heavy atom. The first-order valence-corrected chi connectivity index (χ1v) is 7.61. The van der Waals surface area contributed by atoms with Gasteiger partial charge in [-0.3, -0.25) is 9.98 Å². The molecule has 0 unspecified atom stereocenters. The molecule has 0 bridgehead atoms. The summed E-state index contributed by atoms with van der Waals surface area (Å²) in [7, 11) is 0. The van der Waals surface area contributed by atoms with Gasteiger partial charge < -0.3 is 9.64 Å². The van der Waals surface area contributed by atoms with E-state index in [1.54, 1.807) is 0 Å². The van der Waals surface area contributed by atoms with Crippen LogP contribution in [0.25, 0.3) is 0 Å². The molecule has 0 atom stereocenters. The fourth-order valence-corrected chi connectivity index (χ4v) is 2.96. The number of fused-ring (bicyclic) bond motifs is 1. The molecule has 0 spiro atoms. The molecule has 0 N–H and O–H groups in total. The van der Waals surface area contributed by atoms with Crippen LogP contribution in [0.5, 0.6) is 0 Å². The van der Waals surface area contributed by atoms with Gasteiger partial charge in [-0.25, -0.2) is 4.98 Å². The summed E-state index contributed by atoms with van der Waals surface area (Å²) in [6.07, 6.45) is 3.81. The van der Waals surface area contributed by atoms with Crippen LogP contribution in [0.4, 0.5) is 5.82 Å². The Labute approximate surface area is 129 Å². The average Bonchev–Trinajstić information content (AvgIpc) is 2.99. The van der Waals surface area contributed by atoms with Gasteiger partial charge in [0.05, 0.1) is 25.5 Å². The van der Waals surface area contributed by atoms with Gasteiger partial charge in [-0.1, -0.05) is 0 Å². The molecule has 0 saturated carbocycles. The molecule has 5 nitrogen and oxygen atoms in total. The summed E-state index contributed by atoms with van der Waals surface area (Å²) < 4.78 is 5.41. The summed E-state index contributed by atoms with van der Waals surface area (Å²) in [4.78, 5) is 15.8. The van der Waals surface area contributed by atoms with E-state index in [-0.39, 0.29) is 0 Å². The second-order valence-electron chi connectivity index (χ2n) is 5.65. The number of aromatic nitrogens is 2. The van der Waals surface area contributed by atoms with Gasteiger partial charge in [-0.05, 0) is 25.1 Å². The lowest BCUT2D eigenvalue weighted by atomic mass is 10.0. The van der Waals surface area contributed by atoms with Crippen molar-refractivity contribution in [1.29, 1.82) is 0 Å². The van der Waals surface area contributed by atoms with Crippen molar-refractivity contribution in [2.75, 3.05) is 31.2 Å². The number of aryl methyl sites for hydroxylation is 1. The van der Waals surface area contributed by atoms with Crippen molar-refractivity contribution in [2.24, 2.45) is 4.99 Å². The number of aliphatic imine (C=N–C) groups is 1. The van der Waals surface area contributed by atoms with Crippen molar-refractivity contribution in [3.05, 3.63) is 53.0 Å². The van der Waals surface area contributed by atoms with E-state index in [2.05, 4.69) is 27.0 Å². The van der Waals surface area contributed by atoms with Gasteiger partial charge in [0.1, 0.15) is 5.82 Å². The quantitative estimate of drug-likeness (QED) is 0.850. The molecule has 1 saturated heterocycles. The van der Waals surface area contributed by atoms with Crippen molar-refractivity contribution >= 4 is 11.5 Å². The molecule has 0 radical (unpaired) electrons. The van der Waals surface area contributed by atoms with Crippen LogP contribution in [0.3, 0.4) is 0 Å². The monoisotopic (exact) mass is 294 g/mol. The highest BCUT2D eigenvalue weighted by molar-refractivity contribution is 6.15. The van der Waals surface area contributed by atoms with E-state index >= 15 is 0 Å². The van der Waals surface area contributed by atoms with Crippen LogP contribution in [0.2, 0.25) is 0 Å². The molecule has 22 heavy (non-hydrogen) atoms. The molecule has 2 aromatic heterocycles. The van der Waals surface area contributed by atoms with Crippen LogP contribution in [0, 0.1) is 6.92 Å². The number of nitrogens with zero attached hydrogens (tertiary/aromatic N) is 4. The minimum Gasteiger partial charge on any atom is -0.378 e. The Hall–Kier alpha value is -2.27. The third-order valence-corrected chi connectivity index (χ3v) is 4.14. The zero-order valence-corrected chi connectivity index (χ0v) is 12.6. The minimum absolute atomic E-state index is 0.715. The van der Waals surface area contributed by atoms with Crippen molar-refractivity contribution in [3.63, 3.8) is 0 Å². The number of pyridine rings is 2. The van der Waals surface area contributed by atoms with Gasteiger partial charge in [0, 0.05) is 47.9 Å². The van der Waals surface area contributed by atoms with Gasteiger partial charge in [-0.2, -0.15) is 0 Å². The second kappa shape index (κ2) is 5.50. The van der Waals surface area contributed by atoms with Crippen molar-refractivity contribution in [1.82, 2.24) is 9.97 Å². The van der Waals surface area contributed by atoms with Crippen LogP contribution in [0.15, 0.2) is 35.6 Å². The molecule has 2 aliphatic rings. The number of anilines is 1. The van der Waals surface area contributed by atoms with Gasteiger partial charge in [0.15, 0.2) is 0 Å². The maximum atomic E-state index is 5.41. The number of rotatable bonds is 2. The number of hydrogen-bond donors (Lipinski definition) is 0. The van der Waals surface area contributed by atoms with Crippen molar-refractivity contribution < 1.29 is 4.74 Å². The molecule has 4 rings (SSSR count). The molecule has 0 amide bonds.